The van der Waals surface area contributed by atoms with Gasteiger partial charge in [0, 0.05) is 6.42 Å². The molecule has 0 aliphatic carbocycles. The number of carbonyl (C=O) groups excluding carboxylic acids is 2. The third kappa shape index (κ3) is 5.37. The topological polar surface area (TPSA) is 161 Å². The number of aliphatic hydroxyl groups is 1. The number of carbonyl (C=O) groups is 2. The van der Waals surface area contributed by atoms with Crippen LogP contribution < -0.4 is 5.73 Å². The summed E-state index contributed by atoms with van der Waals surface area (Å²) < 4.78 is 52.1. The molecule has 1 fully saturated rings. The summed E-state index contributed by atoms with van der Waals surface area (Å²) in [6.45, 7) is 1.58. The number of nitrogen functional groups attached to an aromatic ring is 1. The molecule has 12 nitrogen and oxygen atoms in total. The molecule has 0 amide bonds. The van der Waals surface area contributed by atoms with Gasteiger partial charge in [-0.15, -0.1) is 0 Å². The maximum atomic E-state index is 16.2. The number of nitrogens with zero attached hydrogens (tertiary/aromatic N) is 4. The predicted molar refractivity (Wildman–Crippen MR) is 132 cm³/mol. The molecule has 1 aliphatic heterocycles. The molecule has 0 spiro atoms. The first-order valence-electron chi connectivity index (χ1n) is 11.9. The van der Waals surface area contributed by atoms with Crippen LogP contribution in [0.2, 0.25) is 5.28 Å². The van der Waals surface area contributed by atoms with E-state index in [2.05, 4.69) is 15.0 Å². The van der Waals surface area contributed by atoms with E-state index in [4.69, 9.17) is 36.3 Å². The van der Waals surface area contributed by atoms with Crippen LogP contribution in [-0.4, -0.2) is 80.8 Å². The number of aromatic nitrogens is 4. The Morgan fingerprint density at radius 1 is 1.23 bits per heavy atom. The van der Waals surface area contributed by atoms with Gasteiger partial charge in [-0.05, 0) is 43.1 Å². The molecule has 1 unspecified atom stereocenters. The Hall–Kier alpha value is -3.46. The maximum absolute atomic E-state index is 16.2. The van der Waals surface area contributed by atoms with Crippen molar-refractivity contribution in [3.63, 3.8) is 0 Å². The molecular weight excluding hydrogens is 544 g/mol. The van der Waals surface area contributed by atoms with Gasteiger partial charge in [0.25, 0.3) is 5.60 Å². The van der Waals surface area contributed by atoms with Gasteiger partial charge in [-0.2, -0.15) is 9.97 Å². The Balaban J connectivity index is 1.63. The van der Waals surface area contributed by atoms with Crippen LogP contribution in [0.25, 0.3) is 11.2 Å². The van der Waals surface area contributed by atoms with Crippen LogP contribution in [-0.2, 0) is 40.8 Å². The fraction of sp³-hybridized carbons (Fsp3) is 0.458. The minimum Gasteiger partial charge on any atom is -0.463 e. The summed E-state index contributed by atoms with van der Waals surface area (Å²) in [6, 6.07) is 5.02. The average molecular weight is 570 g/mol. The quantitative estimate of drug-likeness (QED) is 0.208. The molecule has 3 atom stereocenters. The van der Waals surface area contributed by atoms with Crippen molar-refractivity contribution in [2.75, 3.05) is 32.2 Å². The summed E-state index contributed by atoms with van der Waals surface area (Å²) in [6.07, 6.45) is -2.57. The number of imidazole rings is 1. The zero-order valence-electron chi connectivity index (χ0n) is 21.0. The minimum absolute atomic E-state index is 0.0614. The van der Waals surface area contributed by atoms with E-state index in [1.807, 2.05) is 0 Å². The van der Waals surface area contributed by atoms with E-state index in [1.54, 1.807) is 0 Å². The summed E-state index contributed by atoms with van der Waals surface area (Å²) in [4.78, 5) is 38.0. The number of hydrogen-bond acceptors (Lipinski definition) is 11. The van der Waals surface area contributed by atoms with Crippen LogP contribution in [0.5, 0.6) is 0 Å². The first-order chi connectivity index (χ1) is 18.6. The summed E-state index contributed by atoms with van der Waals surface area (Å²) in [7, 11) is 0. The third-order valence-corrected chi connectivity index (χ3v) is 6.34. The van der Waals surface area contributed by atoms with E-state index in [9.17, 15) is 19.1 Å². The molecule has 2 aromatic heterocycles. The lowest BCUT2D eigenvalue weighted by molar-refractivity contribution is -0.196. The van der Waals surface area contributed by atoms with Crippen molar-refractivity contribution in [3.05, 3.63) is 47.3 Å². The molecule has 0 radical (unpaired) electrons. The Morgan fingerprint density at radius 3 is 2.49 bits per heavy atom. The summed E-state index contributed by atoms with van der Waals surface area (Å²) in [5, 5.41) is 10.7. The molecular formula is C24H26ClF2N5O7. The van der Waals surface area contributed by atoms with E-state index in [0.717, 1.165) is 23.0 Å². The minimum atomic E-state index is -2.60. The summed E-state index contributed by atoms with van der Waals surface area (Å²) >= 11 is 5.87. The second kappa shape index (κ2) is 11.3. The molecule has 15 heteroatoms. The molecule has 3 heterocycles. The molecule has 1 aromatic carbocycles. The molecule has 39 heavy (non-hydrogen) atoms. The number of fused-ring (bicyclic) bond motifs is 1. The lowest BCUT2D eigenvalue weighted by atomic mass is 9.93. The highest BCUT2D eigenvalue weighted by Crippen LogP contribution is 2.37. The first kappa shape index (κ1) is 28.5. The molecule has 3 aromatic rings. The number of halogens is 3. The van der Waals surface area contributed by atoms with Gasteiger partial charge in [0.05, 0.1) is 26.1 Å². The van der Waals surface area contributed by atoms with E-state index in [0.29, 0.717) is 5.56 Å². The molecule has 0 bridgehead atoms. The number of esters is 2. The van der Waals surface area contributed by atoms with Gasteiger partial charge < -0.3 is 29.8 Å². The Labute approximate surface area is 226 Å². The maximum Gasteiger partial charge on any atom is 0.350 e. The standard InChI is InChI=1S/C24H26ClF2N5O7/c1-3-36-20(34)23(21(35)37-4-2,9-13-5-7-14(26)8-6-13)39-10-15-17(33)24(27,11-38-15)32-12-29-16-18(28)30-22(25)31-19(16)32/h5-8,12,15,17,33H,3-4,9-11H2,1-2H3,(H2,28,30,31)/t15-,17-,24?/m1/s1. The van der Waals surface area contributed by atoms with Gasteiger partial charge in [-0.1, -0.05) is 12.1 Å². The SMILES string of the molecule is CCOC(=O)C(Cc1ccc(F)cc1)(OC[C@H]1OCC(F)(n2cnc3c(N)nc(Cl)nc32)[C@@H]1O)C(=O)OCC. The molecule has 4 rings (SSSR count). The largest absolute Gasteiger partial charge is 0.463 e. The average Bonchev–Trinajstić information content (AvgIpc) is 3.45. The Morgan fingerprint density at radius 2 is 1.87 bits per heavy atom. The smallest absolute Gasteiger partial charge is 0.350 e. The first-order valence-corrected chi connectivity index (χ1v) is 12.3. The number of benzene rings is 1. The van der Waals surface area contributed by atoms with E-state index in [1.165, 1.54) is 26.0 Å². The second-order valence-electron chi connectivity index (χ2n) is 8.66. The number of rotatable bonds is 10. The van der Waals surface area contributed by atoms with Crippen molar-refractivity contribution in [2.45, 2.75) is 43.9 Å². The van der Waals surface area contributed by atoms with Crippen molar-refractivity contribution in [3.8, 4) is 0 Å². The number of ether oxygens (including phenoxy) is 4. The van der Waals surface area contributed by atoms with Crippen molar-refractivity contribution in [1.82, 2.24) is 19.5 Å². The predicted octanol–water partition coefficient (Wildman–Crippen LogP) is 1.71. The number of alkyl halides is 1. The number of nitrogens with two attached hydrogens (primary N) is 1. The van der Waals surface area contributed by atoms with Gasteiger partial charge in [-0.25, -0.2) is 23.4 Å². The molecule has 3 N–H and O–H groups in total. The van der Waals surface area contributed by atoms with Crippen LogP contribution in [0.15, 0.2) is 30.6 Å². The number of anilines is 1. The number of aliphatic hydroxyl groups excluding tert-OH is 1. The van der Waals surface area contributed by atoms with Crippen LogP contribution in [0.3, 0.4) is 0 Å². The highest BCUT2D eigenvalue weighted by Gasteiger charge is 2.56. The van der Waals surface area contributed by atoms with Gasteiger partial charge in [0.2, 0.25) is 11.1 Å². The lowest BCUT2D eigenvalue weighted by Gasteiger charge is -2.31. The van der Waals surface area contributed by atoms with E-state index >= 15 is 4.39 Å². The third-order valence-electron chi connectivity index (χ3n) is 6.17. The zero-order chi connectivity index (χ0) is 28.4. The van der Waals surface area contributed by atoms with E-state index in [-0.39, 0.29) is 35.5 Å². The van der Waals surface area contributed by atoms with Crippen LogP contribution >= 0.6 is 11.6 Å². The summed E-state index contributed by atoms with van der Waals surface area (Å²) in [5.74, 6) is -5.36. The van der Waals surface area contributed by atoms with Crippen molar-refractivity contribution in [2.24, 2.45) is 0 Å². The molecule has 0 saturated carbocycles. The van der Waals surface area contributed by atoms with Crippen molar-refractivity contribution in [1.29, 1.82) is 0 Å². The van der Waals surface area contributed by atoms with Crippen LogP contribution in [0.1, 0.15) is 19.4 Å². The normalized spacial score (nSPS) is 21.3. The second-order valence-corrected chi connectivity index (χ2v) is 9.00. The molecule has 210 valence electrons. The highest BCUT2D eigenvalue weighted by molar-refractivity contribution is 6.28. The van der Waals surface area contributed by atoms with E-state index < -0.39 is 61.0 Å². The highest BCUT2D eigenvalue weighted by atomic mass is 35.5. The van der Waals surface area contributed by atoms with Crippen LogP contribution in [0.4, 0.5) is 14.6 Å². The Kier molecular flexibility index (Phi) is 8.30. The van der Waals surface area contributed by atoms with Crippen molar-refractivity contribution >= 4 is 40.5 Å². The lowest BCUT2D eigenvalue weighted by Crippen LogP contribution is -2.55. The Bertz CT molecular complexity index is 1340. The fourth-order valence-corrected chi connectivity index (χ4v) is 4.38. The fourth-order valence-electron chi connectivity index (χ4n) is 4.21. The summed E-state index contributed by atoms with van der Waals surface area (Å²) in [5.41, 5.74) is 3.77. The van der Waals surface area contributed by atoms with Gasteiger partial charge in [-0.3, -0.25) is 4.57 Å². The zero-order valence-corrected chi connectivity index (χ0v) is 21.7. The van der Waals surface area contributed by atoms with Gasteiger partial charge >= 0.3 is 11.9 Å². The molecule has 1 saturated heterocycles. The van der Waals surface area contributed by atoms with Crippen LogP contribution in [0, 0.1) is 5.82 Å². The van der Waals surface area contributed by atoms with Crippen molar-refractivity contribution < 1.29 is 42.4 Å². The number of hydrogen-bond donors (Lipinski definition) is 2. The molecule has 1 aliphatic rings. The van der Waals surface area contributed by atoms with Gasteiger partial charge in [0.15, 0.2) is 11.5 Å². The monoisotopic (exact) mass is 569 g/mol. The van der Waals surface area contributed by atoms with Gasteiger partial charge in [0.1, 0.15) is 30.1 Å².